The Bertz CT molecular complexity index is 823. The number of ether oxygens (including phenoxy) is 1. The third-order valence-corrected chi connectivity index (χ3v) is 4.70. The first-order valence-corrected chi connectivity index (χ1v) is 8.58. The highest BCUT2D eigenvalue weighted by atomic mass is 32.1. The summed E-state index contributed by atoms with van der Waals surface area (Å²) in [6.45, 7) is 0.154. The molecule has 0 spiro atoms. The number of halogens is 3. The van der Waals surface area contributed by atoms with Crippen molar-refractivity contribution in [3.63, 3.8) is 0 Å². The van der Waals surface area contributed by atoms with E-state index in [1.165, 1.54) is 29.5 Å². The summed E-state index contributed by atoms with van der Waals surface area (Å²) < 4.78 is 41.5. The maximum absolute atomic E-state index is 12.7. The van der Waals surface area contributed by atoms with Gasteiger partial charge in [-0.25, -0.2) is 4.79 Å². The molecule has 3 amide bonds. The predicted molar refractivity (Wildman–Crippen MR) is 88.7 cm³/mol. The number of benzene rings is 1. The topological polar surface area (TPSA) is 58.6 Å². The van der Waals surface area contributed by atoms with Gasteiger partial charge in [-0.3, -0.25) is 9.69 Å². The van der Waals surface area contributed by atoms with Gasteiger partial charge < -0.3 is 10.1 Å². The van der Waals surface area contributed by atoms with Crippen molar-refractivity contribution in [2.45, 2.75) is 25.2 Å². The summed E-state index contributed by atoms with van der Waals surface area (Å²) in [7, 11) is 0. The average molecular weight is 384 g/mol. The third-order valence-electron chi connectivity index (χ3n) is 4.02. The molecule has 1 saturated heterocycles. The normalized spacial score (nSPS) is 20.4. The maximum atomic E-state index is 12.7. The molecule has 0 radical (unpaired) electrons. The van der Waals surface area contributed by atoms with Gasteiger partial charge in [0.15, 0.2) is 6.61 Å². The van der Waals surface area contributed by atoms with Gasteiger partial charge >= 0.3 is 12.2 Å². The first kappa shape index (κ1) is 18.2. The molecular formula is C17H15F3N2O3S. The zero-order valence-electron chi connectivity index (χ0n) is 13.7. The van der Waals surface area contributed by atoms with E-state index in [2.05, 4.69) is 5.32 Å². The highest BCUT2D eigenvalue weighted by Gasteiger charge is 2.49. The highest BCUT2D eigenvalue weighted by molar-refractivity contribution is 7.08. The Morgan fingerprint density at radius 1 is 1.27 bits per heavy atom. The number of urea groups is 1. The molecule has 1 aliphatic heterocycles. The van der Waals surface area contributed by atoms with Crippen LogP contribution in [0.2, 0.25) is 0 Å². The first-order valence-electron chi connectivity index (χ1n) is 7.64. The maximum Gasteiger partial charge on any atom is 0.422 e. The second kappa shape index (κ2) is 6.64. The molecule has 1 atom stereocenters. The standard InChI is InChI=1S/C17H15F3N2O3S/c1-16(12-5-6-26-9-12)14(23)22(15(24)21-16)8-11-3-2-4-13(7-11)25-10-17(18,19)20/h2-7,9H,8,10H2,1H3,(H,21,24). The van der Waals surface area contributed by atoms with Crippen molar-refractivity contribution in [3.8, 4) is 5.75 Å². The number of alkyl halides is 3. The summed E-state index contributed by atoms with van der Waals surface area (Å²) in [4.78, 5) is 26.1. The van der Waals surface area contributed by atoms with Gasteiger partial charge in [-0.2, -0.15) is 24.5 Å². The predicted octanol–water partition coefficient (Wildman–Crippen LogP) is 3.66. The number of nitrogens with one attached hydrogen (secondary N) is 1. The minimum Gasteiger partial charge on any atom is -0.484 e. The molecule has 2 aromatic rings. The molecule has 138 valence electrons. The zero-order chi connectivity index (χ0) is 18.9. The molecule has 5 nitrogen and oxygen atoms in total. The number of imide groups is 1. The minimum atomic E-state index is -4.44. The Labute approximate surface area is 151 Å². The molecule has 3 rings (SSSR count). The number of nitrogens with zero attached hydrogens (tertiary/aromatic N) is 1. The van der Waals surface area contributed by atoms with Crippen molar-refractivity contribution < 1.29 is 27.5 Å². The average Bonchev–Trinajstić information content (AvgIpc) is 3.18. The minimum absolute atomic E-state index is 0.0208. The van der Waals surface area contributed by atoms with E-state index in [9.17, 15) is 22.8 Å². The number of amides is 3. The van der Waals surface area contributed by atoms with E-state index in [4.69, 9.17) is 4.74 Å². The number of carbonyl (C=O) groups is 2. The summed E-state index contributed by atoms with van der Waals surface area (Å²) in [5.74, 6) is -0.394. The number of hydrogen-bond donors (Lipinski definition) is 1. The van der Waals surface area contributed by atoms with Gasteiger partial charge in [0.2, 0.25) is 0 Å². The monoisotopic (exact) mass is 384 g/mol. The molecule has 26 heavy (non-hydrogen) atoms. The van der Waals surface area contributed by atoms with Crippen molar-refractivity contribution >= 4 is 23.3 Å². The number of rotatable bonds is 5. The van der Waals surface area contributed by atoms with Crippen LogP contribution < -0.4 is 10.1 Å². The summed E-state index contributed by atoms with van der Waals surface area (Å²) in [6.07, 6.45) is -4.44. The quantitative estimate of drug-likeness (QED) is 0.801. The summed E-state index contributed by atoms with van der Waals surface area (Å²) in [6, 6.07) is 7.10. The Balaban J connectivity index is 1.75. The lowest BCUT2D eigenvalue weighted by atomic mass is 9.95. The van der Waals surface area contributed by atoms with Crippen LogP contribution in [0.5, 0.6) is 5.75 Å². The molecule has 1 fully saturated rings. The molecule has 1 aliphatic rings. The van der Waals surface area contributed by atoms with E-state index >= 15 is 0 Å². The van der Waals surface area contributed by atoms with E-state index < -0.39 is 30.3 Å². The molecule has 1 unspecified atom stereocenters. The van der Waals surface area contributed by atoms with Crippen molar-refractivity contribution in [2.24, 2.45) is 0 Å². The van der Waals surface area contributed by atoms with Gasteiger partial charge in [-0.1, -0.05) is 12.1 Å². The molecular weight excluding hydrogens is 369 g/mol. The second-order valence-electron chi connectivity index (χ2n) is 6.01. The number of carbonyl (C=O) groups excluding carboxylic acids is 2. The lowest BCUT2D eigenvalue weighted by Gasteiger charge is -2.20. The van der Waals surface area contributed by atoms with E-state index in [-0.39, 0.29) is 12.3 Å². The van der Waals surface area contributed by atoms with E-state index in [0.29, 0.717) is 11.1 Å². The molecule has 0 bridgehead atoms. The van der Waals surface area contributed by atoms with Gasteiger partial charge in [-0.05, 0) is 47.0 Å². The van der Waals surface area contributed by atoms with Gasteiger partial charge in [0.1, 0.15) is 11.3 Å². The first-order chi connectivity index (χ1) is 12.2. The molecule has 1 N–H and O–H groups in total. The Morgan fingerprint density at radius 2 is 2.04 bits per heavy atom. The van der Waals surface area contributed by atoms with E-state index in [1.54, 1.807) is 24.4 Å². The van der Waals surface area contributed by atoms with Crippen LogP contribution in [0.4, 0.5) is 18.0 Å². The molecule has 0 aliphatic carbocycles. The summed E-state index contributed by atoms with van der Waals surface area (Å²) in [5.41, 5.74) is 0.0231. The van der Waals surface area contributed by atoms with Gasteiger partial charge in [0.05, 0.1) is 6.54 Å². The molecule has 0 saturated carbocycles. The second-order valence-corrected chi connectivity index (χ2v) is 6.79. The van der Waals surface area contributed by atoms with Crippen LogP contribution in [-0.2, 0) is 16.9 Å². The van der Waals surface area contributed by atoms with Crippen molar-refractivity contribution in [3.05, 3.63) is 52.2 Å². The smallest absolute Gasteiger partial charge is 0.422 e. The number of thiophene rings is 1. The van der Waals surface area contributed by atoms with Crippen molar-refractivity contribution in [2.75, 3.05) is 6.61 Å². The third kappa shape index (κ3) is 3.67. The van der Waals surface area contributed by atoms with Crippen LogP contribution in [0.15, 0.2) is 41.1 Å². The van der Waals surface area contributed by atoms with E-state index in [0.717, 1.165) is 4.90 Å². The van der Waals surface area contributed by atoms with Crippen LogP contribution in [0.25, 0.3) is 0 Å². The molecule has 9 heteroatoms. The summed E-state index contributed by atoms with van der Waals surface area (Å²) in [5, 5.41) is 6.27. The van der Waals surface area contributed by atoms with Gasteiger partial charge in [0.25, 0.3) is 5.91 Å². The molecule has 2 heterocycles. The van der Waals surface area contributed by atoms with Crippen LogP contribution >= 0.6 is 11.3 Å². The Hall–Kier alpha value is -2.55. The molecule has 1 aromatic carbocycles. The Kier molecular flexibility index (Phi) is 4.66. The van der Waals surface area contributed by atoms with Crippen LogP contribution in [0, 0.1) is 0 Å². The fraction of sp³-hybridized carbons (Fsp3) is 0.294. The van der Waals surface area contributed by atoms with E-state index in [1.807, 2.05) is 5.38 Å². The largest absolute Gasteiger partial charge is 0.484 e. The van der Waals surface area contributed by atoms with Crippen LogP contribution in [-0.4, -0.2) is 29.6 Å². The van der Waals surface area contributed by atoms with Gasteiger partial charge in [0, 0.05) is 0 Å². The van der Waals surface area contributed by atoms with Crippen LogP contribution in [0.1, 0.15) is 18.1 Å². The van der Waals surface area contributed by atoms with Crippen LogP contribution in [0.3, 0.4) is 0 Å². The SMILES string of the molecule is CC1(c2ccsc2)NC(=O)N(Cc2cccc(OCC(F)(F)F)c2)C1=O. The lowest BCUT2D eigenvalue weighted by Crippen LogP contribution is -2.40. The molecule has 1 aromatic heterocycles. The highest BCUT2D eigenvalue weighted by Crippen LogP contribution is 2.31. The van der Waals surface area contributed by atoms with Gasteiger partial charge in [-0.15, -0.1) is 0 Å². The van der Waals surface area contributed by atoms with Crippen molar-refractivity contribution in [1.82, 2.24) is 10.2 Å². The van der Waals surface area contributed by atoms with Crippen molar-refractivity contribution in [1.29, 1.82) is 0 Å². The fourth-order valence-corrected chi connectivity index (χ4v) is 3.43. The fourth-order valence-electron chi connectivity index (χ4n) is 2.67. The number of hydrogen-bond acceptors (Lipinski definition) is 4. The summed E-state index contributed by atoms with van der Waals surface area (Å²) >= 11 is 1.41. The zero-order valence-corrected chi connectivity index (χ0v) is 14.5. The lowest BCUT2D eigenvalue weighted by molar-refractivity contribution is -0.153. The Morgan fingerprint density at radius 3 is 2.69 bits per heavy atom.